The Kier molecular flexibility index (Phi) is 8.93. The minimum Gasteiger partial charge on any atom is -0.317 e. The van der Waals surface area contributed by atoms with Crippen molar-refractivity contribution in [3.8, 4) is 0 Å². The molecule has 1 nitrogen and oxygen atoms in total. The Morgan fingerprint density at radius 2 is 2.16 bits per heavy atom. The third-order valence-electron chi connectivity index (χ3n) is 3.20. The molecule has 1 aromatic carbocycles. The van der Waals surface area contributed by atoms with Crippen LogP contribution in [-0.4, -0.2) is 24.6 Å². The average molecular weight is 283 g/mol. The Labute approximate surface area is 121 Å². The maximum absolute atomic E-state index is 13.2. The van der Waals surface area contributed by atoms with Gasteiger partial charge in [0.05, 0.1) is 0 Å². The Morgan fingerprint density at radius 3 is 2.84 bits per heavy atom. The van der Waals surface area contributed by atoms with Gasteiger partial charge in [-0.3, -0.25) is 0 Å². The van der Waals surface area contributed by atoms with E-state index in [4.69, 9.17) is 0 Å². The monoisotopic (exact) mass is 283 g/mol. The predicted molar refractivity (Wildman–Crippen MR) is 84.4 cm³/mol. The standard InChI is InChI=1S/C16H26FNS/c1-3-18-13-15(8-6-10-19-4-2)11-14-7-5-9-16(17)12-14/h5,7,9,12,15,18H,3-4,6,8,10-11,13H2,1-2H3. The zero-order valence-corrected chi connectivity index (χ0v) is 12.9. The van der Waals surface area contributed by atoms with Crippen LogP contribution in [0, 0.1) is 11.7 Å². The topological polar surface area (TPSA) is 12.0 Å². The van der Waals surface area contributed by atoms with Gasteiger partial charge in [-0.25, -0.2) is 4.39 Å². The van der Waals surface area contributed by atoms with Gasteiger partial charge in [-0.1, -0.05) is 26.0 Å². The zero-order chi connectivity index (χ0) is 13.9. The first-order valence-electron chi connectivity index (χ1n) is 7.29. The van der Waals surface area contributed by atoms with Gasteiger partial charge in [0.1, 0.15) is 5.82 Å². The van der Waals surface area contributed by atoms with Crippen LogP contribution < -0.4 is 5.32 Å². The van der Waals surface area contributed by atoms with Gasteiger partial charge in [0.15, 0.2) is 0 Å². The summed E-state index contributed by atoms with van der Waals surface area (Å²) >= 11 is 2.00. The molecule has 0 amide bonds. The van der Waals surface area contributed by atoms with Crippen LogP contribution in [0.5, 0.6) is 0 Å². The van der Waals surface area contributed by atoms with Crippen molar-refractivity contribution in [2.75, 3.05) is 24.6 Å². The molecule has 0 heterocycles. The van der Waals surface area contributed by atoms with E-state index in [0.29, 0.717) is 5.92 Å². The molecule has 108 valence electrons. The van der Waals surface area contributed by atoms with Crippen molar-refractivity contribution >= 4 is 11.8 Å². The molecule has 19 heavy (non-hydrogen) atoms. The molecule has 0 aliphatic heterocycles. The van der Waals surface area contributed by atoms with Crippen LogP contribution in [0.15, 0.2) is 24.3 Å². The molecule has 1 atom stereocenters. The molecule has 0 bridgehead atoms. The highest BCUT2D eigenvalue weighted by Gasteiger charge is 2.09. The summed E-state index contributed by atoms with van der Waals surface area (Å²) in [7, 11) is 0. The van der Waals surface area contributed by atoms with Crippen molar-refractivity contribution in [2.45, 2.75) is 33.1 Å². The lowest BCUT2D eigenvalue weighted by molar-refractivity contribution is 0.445. The maximum Gasteiger partial charge on any atom is 0.123 e. The summed E-state index contributed by atoms with van der Waals surface area (Å²) in [5, 5.41) is 3.42. The molecule has 0 aliphatic rings. The fourth-order valence-corrected chi connectivity index (χ4v) is 2.90. The molecule has 1 N–H and O–H groups in total. The number of nitrogens with one attached hydrogen (secondary N) is 1. The van der Waals surface area contributed by atoms with Gasteiger partial charge in [-0.05, 0) is 67.5 Å². The fourth-order valence-electron chi connectivity index (χ4n) is 2.24. The molecule has 0 spiro atoms. The van der Waals surface area contributed by atoms with Crippen molar-refractivity contribution < 1.29 is 4.39 Å². The van der Waals surface area contributed by atoms with E-state index in [0.717, 1.165) is 25.1 Å². The molecule has 1 aromatic rings. The summed E-state index contributed by atoms with van der Waals surface area (Å²) in [6, 6.07) is 7.02. The number of benzene rings is 1. The van der Waals surface area contributed by atoms with E-state index in [2.05, 4.69) is 19.2 Å². The predicted octanol–water partition coefficient (Wildman–Crippen LogP) is 4.13. The molecular weight excluding hydrogens is 257 g/mol. The van der Waals surface area contributed by atoms with Crippen LogP contribution >= 0.6 is 11.8 Å². The second-order valence-electron chi connectivity index (χ2n) is 4.85. The third-order valence-corrected chi connectivity index (χ3v) is 4.19. The first-order valence-corrected chi connectivity index (χ1v) is 8.44. The summed E-state index contributed by atoms with van der Waals surface area (Å²) in [4.78, 5) is 0. The van der Waals surface area contributed by atoms with Crippen molar-refractivity contribution in [2.24, 2.45) is 5.92 Å². The molecule has 0 aliphatic carbocycles. The highest BCUT2D eigenvalue weighted by atomic mass is 32.2. The summed E-state index contributed by atoms with van der Waals surface area (Å²) < 4.78 is 13.2. The molecule has 0 saturated carbocycles. The Balaban J connectivity index is 2.43. The highest BCUT2D eigenvalue weighted by molar-refractivity contribution is 7.99. The molecule has 3 heteroatoms. The fraction of sp³-hybridized carbons (Fsp3) is 0.625. The smallest absolute Gasteiger partial charge is 0.123 e. The van der Waals surface area contributed by atoms with Gasteiger partial charge in [0, 0.05) is 0 Å². The lowest BCUT2D eigenvalue weighted by Crippen LogP contribution is -2.24. The van der Waals surface area contributed by atoms with E-state index in [9.17, 15) is 4.39 Å². The van der Waals surface area contributed by atoms with Gasteiger partial charge in [0.25, 0.3) is 0 Å². The number of hydrogen-bond donors (Lipinski definition) is 1. The number of hydrogen-bond acceptors (Lipinski definition) is 2. The largest absolute Gasteiger partial charge is 0.317 e. The molecule has 1 unspecified atom stereocenters. The third kappa shape index (κ3) is 7.58. The summed E-state index contributed by atoms with van der Waals surface area (Å²) in [5.41, 5.74) is 1.12. The Bertz CT molecular complexity index is 343. The van der Waals surface area contributed by atoms with Crippen molar-refractivity contribution in [3.05, 3.63) is 35.6 Å². The molecule has 0 radical (unpaired) electrons. The first-order chi connectivity index (χ1) is 9.26. The van der Waals surface area contributed by atoms with E-state index < -0.39 is 0 Å². The van der Waals surface area contributed by atoms with E-state index in [-0.39, 0.29) is 5.82 Å². The Morgan fingerprint density at radius 1 is 1.32 bits per heavy atom. The second-order valence-corrected chi connectivity index (χ2v) is 6.24. The van der Waals surface area contributed by atoms with Crippen LogP contribution in [0.25, 0.3) is 0 Å². The average Bonchev–Trinajstić information content (AvgIpc) is 2.40. The summed E-state index contributed by atoms with van der Waals surface area (Å²) in [5.74, 6) is 2.92. The van der Waals surface area contributed by atoms with Crippen LogP contribution in [0.1, 0.15) is 32.3 Å². The SMILES string of the molecule is CCNCC(CCCSCC)Cc1cccc(F)c1. The van der Waals surface area contributed by atoms with Crippen LogP contribution in [0.4, 0.5) is 4.39 Å². The Hall–Kier alpha value is -0.540. The van der Waals surface area contributed by atoms with Crippen molar-refractivity contribution in [1.29, 1.82) is 0 Å². The van der Waals surface area contributed by atoms with Gasteiger partial charge in [0.2, 0.25) is 0 Å². The normalized spacial score (nSPS) is 12.6. The van der Waals surface area contributed by atoms with Gasteiger partial charge >= 0.3 is 0 Å². The molecule has 0 fully saturated rings. The van der Waals surface area contributed by atoms with Gasteiger partial charge < -0.3 is 5.32 Å². The number of halogens is 1. The molecule has 0 saturated heterocycles. The first kappa shape index (κ1) is 16.5. The zero-order valence-electron chi connectivity index (χ0n) is 12.1. The van der Waals surface area contributed by atoms with Crippen molar-refractivity contribution in [3.63, 3.8) is 0 Å². The second kappa shape index (κ2) is 10.3. The molecule has 0 aromatic heterocycles. The number of rotatable bonds is 10. The highest BCUT2D eigenvalue weighted by Crippen LogP contribution is 2.16. The van der Waals surface area contributed by atoms with E-state index in [1.807, 2.05) is 23.9 Å². The van der Waals surface area contributed by atoms with Crippen LogP contribution in [-0.2, 0) is 6.42 Å². The minimum absolute atomic E-state index is 0.124. The van der Waals surface area contributed by atoms with E-state index in [1.165, 1.54) is 30.4 Å². The van der Waals surface area contributed by atoms with Crippen LogP contribution in [0.2, 0.25) is 0 Å². The quantitative estimate of drug-likeness (QED) is 0.648. The van der Waals surface area contributed by atoms with E-state index >= 15 is 0 Å². The summed E-state index contributed by atoms with van der Waals surface area (Å²) in [6.45, 7) is 6.37. The molecular formula is C16H26FNS. The minimum atomic E-state index is -0.124. The molecule has 1 rings (SSSR count). The lowest BCUT2D eigenvalue weighted by atomic mass is 9.95. The van der Waals surface area contributed by atoms with Gasteiger partial charge in [-0.2, -0.15) is 11.8 Å². The van der Waals surface area contributed by atoms with Crippen LogP contribution in [0.3, 0.4) is 0 Å². The number of thioether (sulfide) groups is 1. The van der Waals surface area contributed by atoms with Gasteiger partial charge in [-0.15, -0.1) is 0 Å². The van der Waals surface area contributed by atoms with E-state index in [1.54, 1.807) is 6.07 Å². The maximum atomic E-state index is 13.2. The summed E-state index contributed by atoms with van der Waals surface area (Å²) in [6.07, 6.45) is 3.45. The van der Waals surface area contributed by atoms with Crippen molar-refractivity contribution in [1.82, 2.24) is 5.32 Å². The lowest BCUT2D eigenvalue weighted by Gasteiger charge is -2.17.